The number of anilines is 1. The number of nitrogens with zero attached hydrogens (tertiary/aromatic N) is 3. The highest BCUT2D eigenvalue weighted by Gasteiger charge is 2.16. The van der Waals surface area contributed by atoms with Crippen molar-refractivity contribution in [2.24, 2.45) is 13.0 Å². The normalized spacial score (nSPS) is 11.6. The number of aryl methyl sites for hydroxylation is 2. The lowest BCUT2D eigenvalue weighted by Gasteiger charge is -2.25. The fraction of sp³-hybridized carbons (Fsp3) is 0.800. The Kier molecular flexibility index (Phi) is 6.35. The molecular weight excluding hydrogens is 236 g/mol. The molecule has 0 saturated carbocycles. The van der Waals surface area contributed by atoms with Crippen LogP contribution in [0, 0.1) is 12.8 Å². The monoisotopic (exact) mass is 266 g/mol. The molecule has 0 aromatic carbocycles. The lowest BCUT2D eigenvalue weighted by Crippen LogP contribution is -2.29. The van der Waals surface area contributed by atoms with Crippen LogP contribution in [0.15, 0.2) is 0 Å². The van der Waals surface area contributed by atoms with Gasteiger partial charge in [-0.25, -0.2) is 0 Å². The smallest absolute Gasteiger partial charge is 0.128 e. The van der Waals surface area contributed by atoms with Crippen LogP contribution in [0.3, 0.4) is 0 Å². The van der Waals surface area contributed by atoms with Gasteiger partial charge in [0.15, 0.2) is 0 Å². The van der Waals surface area contributed by atoms with Crippen LogP contribution < -0.4 is 5.32 Å². The fourth-order valence-corrected chi connectivity index (χ4v) is 2.65. The first kappa shape index (κ1) is 16.0. The summed E-state index contributed by atoms with van der Waals surface area (Å²) in [5.41, 5.74) is 2.47. The van der Waals surface area contributed by atoms with Crippen LogP contribution in [-0.2, 0) is 13.6 Å². The topological polar surface area (TPSA) is 33.1 Å². The van der Waals surface area contributed by atoms with Crippen molar-refractivity contribution in [2.75, 3.05) is 25.5 Å². The minimum atomic E-state index is 0.801. The van der Waals surface area contributed by atoms with Crippen molar-refractivity contribution in [1.29, 1.82) is 0 Å². The molecule has 0 spiro atoms. The molecule has 0 bridgehead atoms. The van der Waals surface area contributed by atoms with E-state index in [2.05, 4.69) is 43.0 Å². The summed E-state index contributed by atoms with van der Waals surface area (Å²) in [6.07, 6.45) is 2.52. The third-order valence-corrected chi connectivity index (χ3v) is 4.08. The first-order chi connectivity index (χ1) is 9.07. The van der Waals surface area contributed by atoms with Crippen LogP contribution >= 0.6 is 0 Å². The van der Waals surface area contributed by atoms with Gasteiger partial charge in [-0.15, -0.1) is 0 Å². The molecule has 0 fully saturated rings. The Hall–Kier alpha value is -1.03. The number of hydrogen-bond donors (Lipinski definition) is 1. The summed E-state index contributed by atoms with van der Waals surface area (Å²) in [6.45, 7) is 12.2. The SMILES string of the molecule is CCC(CC)CN(CC)Cc1c(C)nn(C)c1NC. The van der Waals surface area contributed by atoms with E-state index in [9.17, 15) is 0 Å². The molecule has 4 nitrogen and oxygen atoms in total. The second-order valence-electron chi connectivity index (χ2n) is 5.30. The molecule has 0 atom stereocenters. The van der Waals surface area contributed by atoms with Crippen LogP contribution in [0.25, 0.3) is 0 Å². The molecule has 1 aromatic heterocycles. The molecule has 0 unspecified atom stereocenters. The quantitative estimate of drug-likeness (QED) is 0.785. The van der Waals surface area contributed by atoms with Crippen molar-refractivity contribution in [1.82, 2.24) is 14.7 Å². The summed E-state index contributed by atoms with van der Waals surface area (Å²) >= 11 is 0. The van der Waals surface area contributed by atoms with Gasteiger partial charge in [-0.2, -0.15) is 5.10 Å². The van der Waals surface area contributed by atoms with E-state index in [1.165, 1.54) is 24.9 Å². The Morgan fingerprint density at radius 1 is 1.26 bits per heavy atom. The van der Waals surface area contributed by atoms with Crippen molar-refractivity contribution >= 4 is 5.82 Å². The second-order valence-corrected chi connectivity index (χ2v) is 5.30. The molecule has 0 aliphatic carbocycles. The summed E-state index contributed by atoms with van der Waals surface area (Å²) in [4.78, 5) is 2.53. The third-order valence-electron chi connectivity index (χ3n) is 4.08. The molecule has 1 aromatic rings. The molecule has 0 aliphatic rings. The third kappa shape index (κ3) is 3.96. The fourth-order valence-electron chi connectivity index (χ4n) is 2.65. The number of hydrogen-bond acceptors (Lipinski definition) is 3. The predicted octanol–water partition coefficient (Wildman–Crippen LogP) is 3.03. The minimum Gasteiger partial charge on any atom is -0.373 e. The van der Waals surface area contributed by atoms with E-state index < -0.39 is 0 Å². The summed E-state index contributed by atoms with van der Waals surface area (Å²) < 4.78 is 1.94. The van der Waals surface area contributed by atoms with Gasteiger partial charge in [0.25, 0.3) is 0 Å². The first-order valence-corrected chi connectivity index (χ1v) is 7.49. The van der Waals surface area contributed by atoms with Gasteiger partial charge >= 0.3 is 0 Å². The summed E-state index contributed by atoms with van der Waals surface area (Å²) in [5.74, 6) is 1.94. The van der Waals surface area contributed by atoms with E-state index in [0.29, 0.717) is 0 Å². The van der Waals surface area contributed by atoms with E-state index >= 15 is 0 Å². The van der Waals surface area contributed by atoms with Crippen LogP contribution in [0.4, 0.5) is 5.82 Å². The maximum absolute atomic E-state index is 4.52. The minimum absolute atomic E-state index is 0.801. The van der Waals surface area contributed by atoms with Gasteiger partial charge in [-0.3, -0.25) is 9.58 Å². The molecule has 0 amide bonds. The highest BCUT2D eigenvalue weighted by Crippen LogP contribution is 2.21. The maximum atomic E-state index is 4.52. The Bertz CT molecular complexity index is 380. The Balaban J connectivity index is 2.80. The van der Waals surface area contributed by atoms with Crippen LogP contribution in [0.5, 0.6) is 0 Å². The van der Waals surface area contributed by atoms with E-state index in [4.69, 9.17) is 0 Å². The number of rotatable bonds is 8. The average Bonchev–Trinajstić information content (AvgIpc) is 2.68. The van der Waals surface area contributed by atoms with Gasteiger partial charge in [0.05, 0.1) is 5.69 Å². The van der Waals surface area contributed by atoms with Gasteiger partial charge in [0.2, 0.25) is 0 Å². The van der Waals surface area contributed by atoms with Crippen molar-refractivity contribution in [2.45, 2.75) is 47.1 Å². The van der Waals surface area contributed by atoms with E-state index in [0.717, 1.165) is 30.5 Å². The predicted molar refractivity (Wildman–Crippen MR) is 82.5 cm³/mol. The van der Waals surface area contributed by atoms with Crippen molar-refractivity contribution in [3.63, 3.8) is 0 Å². The van der Waals surface area contributed by atoms with Crippen molar-refractivity contribution in [3.05, 3.63) is 11.3 Å². The van der Waals surface area contributed by atoms with E-state index in [1.807, 2.05) is 18.8 Å². The molecule has 19 heavy (non-hydrogen) atoms. The van der Waals surface area contributed by atoms with Crippen molar-refractivity contribution in [3.8, 4) is 0 Å². The van der Waals surface area contributed by atoms with Crippen LogP contribution in [-0.4, -0.2) is 34.8 Å². The van der Waals surface area contributed by atoms with Gasteiger partial charge in [0.1, 0.15) is 5.82 Å². The molecule has 0 aliphatic heterocycles. The average molecular weight is 266 g/mol. The molecule has 1 heterocycles. The number of aromatic nitrogens is 2. The highest BCUT2D eigenvalue weighted by atomic mass is 15.3. The van der Waals surface area contributed by atoms with Gasteiger partial charge in [0, 0.05) is 32.7 Å². The number of nitrogens with one attached hydrogen (secondary N) is 1. The van der Waals surface area contributed by atoms with Gasteiger partial charge in [-0.05, 0) is 19.4 Å². The summed E-state index contributed by atoms with van der Waals surface area (Å²) in [6, 6.07) is 0. The van der Waals surface area contributed by atoms with Crippen LogP contribution in [0.2, 0.25) is 0 Å². The van der Waals surface area contributed by atoms with E-state index in [-0.39, 0.29) is 0 Å². The van der Waals surface area contributed by atoms with E-state index in [1.54, 1.807) is 0 Å². The Morgan fingerprint density at radius 2 is 1.89 bits per heavy atom. The molecule has 4 heteroatoms. The maximum Gasteiger partial charge on any atom is 0.128 e. The van der Waals surface area contributed by atoms with Crippen LogP contribution in [0.1, 0.15) is 44.9 Å². The zero-order valence-electron chi connectivity index (χ0n) is 13.5. The first-order valence-electron chi connectivity index (χ1n) is 7.49. The zero-order valence-corrected chi connectivity index (χ0v) is 13.5. The van der Waals surface area contributed by atoms with Gasteiger partial charge < -0.3 is 5.32 Å². The van der Waals surface area contributed by atoms with Crippen molar-refractivity contribution < 1.29 is 0 Å². The zero-order chi connectivity index (χ0) is 14.4. The molecule has 0 saturated heterocycles. The lowest BCUT2D eigenvalue weighted by atomic mass is 10.0. The largest absolute Gasteiger partial charge is 0.373 e. The molecule has 1 rings (SSSR count). The second kappa shape index (κ2) is 7.53. The summed E-state index contributed by atoms with van der Waals surface area (Å²) in [5, 5.41) is 7.79. The highest BCUT2D eigenvalue weighted by molar-refractivity contribution is 5.46. The lowest BCUT2D eigenvalue weighted by molar-refractivity contribution is 0.226. The summed E-state index contributed by atoms with van der Waals surface area (Å²) in [7, 11) is 3.97. The standard InChI is InChI=1S/C15H30N4/c1-7-13(8-2)10-19(9-3)11-14-12(4)17-18(6)15(14)16-5/h13,16H,7-11H2,1-6H3. The Morgan fingerprint density at radius 3 is 2.37 bits per heavy atom. The molecule has 0 radical (unpaired) electrons. The molecule has 110 valence electrons. The van der Waals surface area contributed by atoms with Gasteiger partial charge in [-0.1, -0.05) is 33.6 Å². The molecular formula is C15H30N4. The Labute approximate surface area is 118 Å². The molecule has 1 N–H and O–H groups in total.